The normalized spacial score (nSPS) is 16.8. The summed E-state index contributed by atoms with van der Waals surface area (Å²) in [5.41, 5.74) is -1.51. The highest BCUT2D eigenvalue weighted by molar-refractivity contribution is 8.93. The lowest BCUT2D eigenvalue weighted by molar-refractivity contribution is -0.178. The third kappa shape index (κ3) is 18.5. The SMILES string of the molecule is Br.CCOC(=O)/C(C#N)=C1\SS/C(=C(/C#N)C(=O)OCC)S1.CN(C)c1nc(=NCc2ccco2)ss1.CN(C)c1nc(=Nc2cccc(Cl)c2)ss1.COC(=O)CC1(C(=O)OC)Cc2cc(Cl)c(Cl)cc2S(=O)(=O)N1O. The number of hydrogen-bond acceptors (Lipinski definition) is 27. The number of thioether (sulfide) groups is 1. The summed E-state index contributed by atoms with van der Waals surface area (Å²) in [6.45, 7) is 4.16. The Kier molecular flexibility index (Phi) is 27.7. The molecule has 21 nitrogen and oxygen atoms in total. The van der Waals surface area contributed by atoms with Crippen molar-refractivity contribution in [2.75, 3.05) is 65.4 Å². The Morgan fingerprint density at radius 2 is 1.39 bits per heavy atom. The maximum Gasteiger partial charge on any atom is 0.350 e. The standard InChI is InChI=1S/C13H13Cl2NO7S.C12H10N2O4S3.C10H10ClN3S2.C9H11N3OS2.BrH/c1-22-11(17)6-13(12(18)23-2)5-7-3-8(14)9(15)4-10(7)24(20,21)16(13)19;1-3-17-9(15)7(5-13)11-19-12(21-20-11)8(6-14)10(16)18-4-2;1-14(2)10-13-9(15-16-10)12-8-5-3-4-7(11)6-8;1-12(2)9-11-8(14-15-9)10-6-7-4-3-5-13-7;/h3-4,19H,5-6H2,1-2H3;3-4H2,1-2H3;3-6H,1-2H3;3-5H,6H2,1-2H3;1H/b;11-7-,12-8-;;;. The Bertz CT molecular complexity index is 3250. The number of anilines is 2. The highest BCUT2D eigenvalue weighted by Crippen LogP contribution is 2.59. The number of sulfonamides is 1. The van der Waals surface area contributed by atoms with Crippen LogP contribution >= 0.6 is 126 Å². The molecule has 1 fully saturated rings. The largest absolute Gasteiger partial charge is 0.469 e. The van der Waals surface area contributed by atoms with Gasteiger partial charge in [0, 0.05) is 39.6 Å². The van der Waals surface area contributed by atoms with Crippen LogP contribution in [0.25, 0.3) is 0 Å². The van der Waals surface area contributed by atoms with E-state index in [1.54, 1.807) is 73.6 Å². The van der Waals surface area contributed by atoms with Crippen LogP contribution in [0.15, 0.2) is 93.7 Å². The van der Waals surface area contributed by atoms with Gasteiger partial charge in [-0.25, -0.2) is 32.8 Å². The molecule has 2 aliphatic rings. The summed E-state index contributed by atoms with van der Waals surface area (Å²) < 4.78 is 49.6. The zero-order valence-electron chi connectivity index (χ0n) is 41.5. The van der Waals surface area contributed by atoms with Crippen LogP contribution < -0.4 is 19.4 Å². The number of fused-ring (bicyclic) bond motifs is 1. The molecule has 0 spiro atoms. The maximum atomic E-state index is 12.6. The number of nitrogens with zero attached hydrogens (tertiary/aromatic N) is 9. The smallest absolute Gasteiger partial charge is 0.350 e. The van der Waals surface area contributed by atoms with Crippen molar-refractivity contribution in [3.05, 3.63) is 110 Å². The molecule has 1 unspecified atom stereocenters. The number of esters is 4. The Hall–Kier alpha value is -4.51. The molecule has 0 bridgehead atoms. The molecule has 0 aliphatic carbocycles. The van der Waals surface area contributed by atoms with Crippen molar-refractivity contribution < 1.29 is 56.2 Å². The molecule has 5 heterocycles. The minimum absolute atomic E-state index is 0. The first-order valence-electron chi connectivity index (χ1n) is 21.2. The topological polar surface area (TPSA) is 281 Å². The molecule has 1 atom stereocenters. The average molecular weight is 1330 g/mol. The number of carbonyl (C=O) groups excluding carboxylic acids is 4. The molecule has 414 valence electrons. The Morgan fingerprint density at radius 3 is 1.87 bits per heavy atom. The second kappa shape index (κ2) is 31.9. The fourth-order valence-electron chi connectivity index (χ4n) is 5.69. The van der Waals surface area contributed by atoms with E-state index in [-0.39, 0.29) is 72.7 Å². The van der Waals surface area contributed by atoms with Crippen molar-refractivity contribution in [1.29, 1.82) is 10.5 Å². The van der Waals surface area contributed by atoms with Crippen LogP contribution in [0.2, 0.25) is 15.1 Å². The number of hydroxylamine groups is 1. The second-order valence-corrected chi connectivity index (χ2v) is 25.6. The predicted molar refractivity (Wildman–Crippen MR) is 307 cm³/mol. The van der Waals surface area contributed by atoms with E-state index in [0.717, 1.165) is 84.9 Å². The molecule has 0 amide bonds. The van der Waals surface area contributed by atoms with Crippen molar-refractivity contribution in [3.8, 4) is 12.1 Å². The van der Waals surface area contributed by atoms with E-state index in [1.807, 2.05) is 74.4 Å². The predicted octanol–water partition coefficient (Wildman–Crippen LogP) is 9.81. The van der Waals surface area contributed by atoms with Gasteiger partial charge in [0.25, 0.3) is 10.0 Å². The van der Waals surface area contributed by atoms with Gasteiger partial charge in [-0.2, -0.15) is 20.5 Å². The average Bonchev–Trinajstić information content (AvgIpc) is 4.24. The summed E-state index contributed by atoms with van der Waals surface area (Å²) in [6.07, 6.45) is 0.558. The van der Waals surface area contributed by atoms with E-state index in [2.05, 4.69) is 29.4 Å². The number of nitriles is 2. The fourth-order valence-corrected chi connectivity index (χ4v) is 16.2. The van der Waals surface area contributed by atoms with Crippen molar-refractivity contribution in [2.24, 2.45) is 9.98 Å². The van der Waals surface area contributed by atoms with Crippen molar-refractivity contribution >= 4 is 176 Å². The molecular formula is C44H45BrCl3N9O12S8. The minimum Gasteiger partial charge on any atom is -0.469 e. The van der Waals surface area contributed by atoms with Gasteiger partial charge in [0.2, 0.25) is 9.60 Å². The van der Waals surface area contributed by atoms with Crippen molar-refractivity contribution in [1.82, 2.24) is 14.4 Å². The number of hydrogen-bond donors (Lipinski definition) is 1. The lowest BCUT2D eigenvalue weighted by atomic mass is 9.88. The van der Waals surface area contributed by atoms with Gasteiger partial charge in [-0.05, 0) is 125 Å². The number of carbonyl (C=O) groups is 4. The van der Waals surface area contributed by atoms with Gasteiger partial charge < -0.3 is 33.2 Å². The molecule has 2 aliphatic heterocycles. The number of methoxy groups -OCH3 is 2. The van der Waals surface area contributed by atoms with Crippen LogP contribution in [0.4, 0.5) is 16.0 Å². The van der Waals surface area contributed by atoms with Gasteiger partial charge in [-0.15, -0.1) is 17.0 Å². The molecule has 77 heavy (non-hydrogen) atoms. The minimum atomic E-state index is -4.54. The van der Waals surface area contributed by atoms with Crippen molar-refractivity contribution in [3.63, 3.8) is 0 Å². The number of halogens is 4. The van der Waals surface area contributed by atoms with E-state index in [0.29, 0.717) is 20.0 Å². The van der Waals surface area contributed by atoms with E-state index < -0.39 is 45.9 Å². The van der Waals surface area contributed by atoms with Gasteiger partial charge in [-0.1, -0.05) is 57.1 Å². The van der Waals surface area contributed by atoms with Crippen LogP contribution in [0, 0.1) is 22.7 Å². The van der Waals surface area contributed by atoms with Crippen LogP contribution in [-0.2, 0) is 61.1 Å². The number of furan rings is 1. The first kappa shape index (κ1) is 66.8. The van der Waals surface area contributed by atoms with E-state index in [4.69, 9.17) is 59.2 Å². The molecule has 3 aromatic heterocycles. The Labute approximate surface area is 494 Å². The highest BCUT2D eigenvalue weighted by atomic mass is 79.9. The summed E-state index contributed by atoms with van der Waals surface area (Å²) in [4.78, 5) is 69.9. The zero-order chi connectivity index (χ0) is 56.3. The number of benzene rings is 2. The first-order chi connectivity index (χ1) is 36.1. The zero-order valence-corrected chi connectivity index (χ0v) is 52.0. The van der Waals surface area contributed by atoms with E-state index in [1.165, 1.54) is 6.07 Å². The van der Waals surface area contributed by atoms with Gasteiger partial charge in [-0.3, -0.25) is 10.0 Å². The number of aromatic nitrogens is 2. The van der Waals surface area contributed by atoms with Crippen LogP contribution in [0.3, 0.4) is 0 Å². The molecule has 1 saturated heterocycles. The van der Waals surface area contributed by atoms with Gasteiger partial charge in [0.1, 0.15) is 24.4 Å². The van der Waals surface area contributed by atoms with Gasteiger partial charge in [0.15, 0.2) is 26.9 Å². The van der Waals surface area contributed by atoms with Crippen LogP contribution in [0.5, 0.6) is 0 Å². The molecule has 1 N–H and O–H groups in total. The van der Waals surface area contributed by atoms with Crippen LogP contribution in [-0.4, -0.2) is 113 Å². The summed E-state index contributed by atoms with van der Waals surface area (Å²) in [7, 11) is 14.1. The van der Waals surface area contributed by atoms with Crippen molar-refractivity contribution in [2.45, 2.75) is 43.7 Å². The monoisotopic (exact) mass is 1330 g/mol. The highest BCUT2D eigenvalue weighted by Gasteiger charge is 2.57. The molecule has 5 aromatic rings. The maximum absolute atomic E-state index is 12.6. The fraction of sp³-hybridized carbons (Fsp3) is 0.318. The van der Waals surface area contributed by atoms with Gasteiger partial charge >= 0.3 is 23.9 Å². The van der Waals surface area contributed by atoms with Crippen LogP contribution in [0.1, 0.15) is 31.6 Å². The molecular weight excluding hydrogens is 1290 g/mol. The lowest BCUT2D eigenvalue weighted by Gasteiger charge is -2.39. The Morgan fingerprint density at radius 1 is 0.831 bits per heavy atom. The summed E-state index contributed by atoms with van der Waals surface area (Å²) in [5.74, 6) is -2.59. The molecule has 33 heteroatoms. The summed E-state index contributed by atoms with van der Waals surface area (Å²) in [5, 5.41) is 31.0. The molecule has 7 rings (SSSR count). The number of ether oxygens (including phenoxy) is 4. The van der Waals surface area contributed by atoms with E-state index in [9.17, 15) is 32.8 Å². The molecule has 0 radical (unpaired) electrons. The first-order valence-corrected chi connectivity index (χ1v) is 31.1. The third-order valence-corrected chi connectivity index (χ3v) is 20.7. The second-order valence-electron chi connectivity index (χ2n) is 14.8. The molecule has 0 saturated carbocycles. The lowest BCUT2D eigenvalue weighted by Crippen LogP contribution is -2.61. The summed E-state index contributed by atoms with van der Waals surface area (Å²) in [6, 6.07) is 17.1. The van der Waals surface area contributed by atoms with E-state index >= 15 is 0 Å². The molecule has 2 aromatic carbocycles. The quantitative estimate of drug-likeness (QED) is 0.0400. The van der Waals surface area contributed by atoms with Gasteiger partial charge in [0.05, 0.1) is 69.2 Å². The number of rotatable bonds is 12. The Balaban J connectivity index is 0.000000273. The third-order valence-electron chi connectivity index (χ3n) is 9.17. The summed E-state index contributed by atoms with van der Waals surface area (Å²) >= 11 is 18.6.